The fourth-order valence-corrected chi connectivity index (χ4v) is 2.29. The largest absolute Gasteiger partial charge is 0.384 e. The van der Waals surface area contributed by atoms with E-state index in [2.05, 4.69) is 35.6 Å². The highest BCUT2D eigenvalue weighted by atomic mass is 79.9. The second-order valence-electron chi connectivity index (χ2n) is 6.24. The number of imidazole rings is 2. The number of nitrogens with zero attached hydrogens (tertiary/aromatic N) is 6. The summed E-state index contributed by atoms with van der Waals surface area (Å²) in [5.41, 5.74) is 5.38. The van der Waals surface area contributed by atoms with Crippen LogP contribution in [0.2, 0.25) is 0 Å². The molecule has 35 heavy (non-hydrogen) atoms. The van der Waals surface area contributed by atoms with Crippen molar-refractivity contribution in [3.8, 4) is 0 Å². The van der Waals surface area contributed by atoms with E-state index in [9.17, 15) is 20.2 Å². The third-order valence-electron chi connectivity index (χ3n) is 3.63. The Hall–Kier alpha value is -3.34. The molecular weight excluding hydrogens is 532 g/mol. The lowest BCUT2D eigenvalue weighted by Crippen LogP contribution is -2.01. The number of aromatic nitrogens is 5. The molecule has 3 aromatic heterocycles. The van der Waals surface area contributed by atoms with Crippen LogP contribution in [0, 0.1) is 20.2 Å². The van der Waals surface area contributed by atoms with E-state index in [-0.39, 0.29) is 11.6 Å². The first kappa shape index (κ1) is 31.7. The van der Waals surface area contributed by atoms with Gasteiger partial charge in [0.1, 0.15) is 12.0 Å². The number of halogens is 1. The van der Waals surface area contributed by atoms with Gasteiger partial charge in [0.15, 0.2) is 0 Å². The van der Waals surface area contributed by atoms with Crippen LogP contribution in [-0.4, -0.2) is 80.4 Å². The highest BCUT2D eigenvalue weighted by Gasteiger charge is 2.08. The molecular formula is C19H31BrN8O7. The number of nitrogens with two attached hydrogens (primary N) is 1. The van der Waals surface area contributed by atoms with Gasteiger partial charge in [0.25, 0.3) is 0 Å². The molecule has 196 valence electrons. The molecule has 0 saturated carbocycles. The molecule has 0 aromatic carbocycles. The van der Waals surface area contributed by atoms with E-state index in [1.54, 1.807) is 44.5 Å². The Morgan fingerprint density at radius 1 is 0.971 bits per heavy atom. The van der Waals surface area contributed by atoms with Gasteiger partial charge in [-0.05, 0) is 20.9 Å². The maximum absolute atomic E-state index is 10.2. The van der Waals surface area contributed by atoms with Crippen molar-refractivity contribution in [2.24, 2.45) is 0 Å². The van der Waals surface area contributed by atoms with Gasteiger partial charge >= 0.3 is 11.6 Å². The Morgan fingerprint density at radius 3 is 1.86 bits per heavy atom. The van der Waals surface area contributed by atoms with E-state index in [0.717, 1.165) is 18.5 Å². The van der Waals surface area contributed by atoms with Crippen molar-refractivity contribution in [3.05, 3.63) is 63.6 Å². The third kappa shape index (κ3) is 16.0. The van der Waals surface area contributed by atoms with E-state index in [1.807, 2.05) is 4.57 Å². The maximum Gasteiger partial charge on any atom is 0.381 e. The maximum atomic E-state index is 10.2. The Kier molecular flexibility index (Phi) is 18.2. The van der Waals surface area contributed by atoms with Crippen molar-refractivity contribution in [3.63, 3.8) is 0 Å². The van der Waals surface area contributed by atoms with Crippen LogP contribution in [0.25, 0.3) is 0 Å². The number of ether oxygens (including phenoxy) is 3. The van der Waals surface area contributed by atoms with Gasteiger partial charge in [0, 0.05) is 52.0 Å². The zero-order valence-electron chi connectivity index (χ0n) is 19.8. The topological polar surface area (TPSA) is 191 Å². The van der Waals surface area contributed by atoms with Crippen LogP contribution in [0.15, 0.2) is 43.4 Å². The number of H-pyrrole nitrogens is 1. The molecule has 3 aromatic rings. The highest BCUT2D eigenvalue weighted by molar-refractivity contribution is 9.09. The summed E-state index contributed by atoms with van der Waals surface area (Å²) in [5.74, 6) is 0.451. The van der Waals surface area contributed by atoms with Crippen LogP contribution in [0.5, 0.6) is 0 Å². The number of nitrogens with one attached hydrogen (secondary N) is 1. The van der Waals surface area contributed by atoms with Crippen LogP contribution < -0.4 is 5.73 Å². The van der Waals surface area contributed by atoms with Crippen LogP contribution in [0.4, 0.5) is 17.5 Å². The van der Waals surface area contributed by atoms with E-state index in [1.165, 1.54) is 24.8 Å². The van der Waals surface area contributed by atoms with E-state index < -0.39 is 9.85 Å². The van der Waals surface area contributed by atoms with Gasteiger partial charge in [-0.15, -0.1) is 0 Å². The normalized spacial score (nSPS) is 9.60. The summed E-state index contributed by atoms with van der Waals surface area (Å²) in [6.07, 6.45) is 7.77. The molecule has 16 heteroatoms. The molecule has 3 rings (SSSR count). The van der Waals surface area contributed by atoms with Crippen LogP contribution >= 0.6 is 15.9 Å². The Morgan fingerprint density at radius 2 is 1.54 bits per heavy atom. The lowest BCUT2D eigenvalue weighted by molar-refractivity contribution is -0.389. The molecule has 0 atom stereocenters. The number of nitro groups is 2. The van der Waals surface area contributed by atoms with Crippen LogP contribution in [0.3, 0.4) is 0 Å². The number of alkyl halides is 1. The van der Waals surface area contributed by atoms with Gasteiger partial charge in [-0.25, -0.2) is 9.97 Å². The van der Waals surface area contributed by atoms with E-state index in [0.29, 0.717) is 25.6 Å². The highest BCUT2D eigenvalue weighted by Crippen LogP contribution is 2.05. The molecule has 0 saturated heterocycles. The lowest BCUT2D eigenvalue weighted by Gasteiger charge is -1.97. The average Bonchev–Trinajstić information content (AvgIpc) is 3.60. The molecule has 15 nitrogen and oxygen atoms in total. The summed E-state index contributed by atoms with van der Waals surface area (Å²) in [5, 5.41) is 21.0. The number of aromatic amines is 1. The van der Waals surface area contributed by atoms with E-state index in [4.69, 9.17) is 15.2 Å². The first-order valence-corrected chi connectivity index (χ1v) is 11.1. The molecule has 0 aliphatic heterocycles. The molecule has 0 aliphatic rings. The predicted octanol–water partition coefficient (Wildman–Crippen LogP) is 2.50. The minimum atomic E-state index is -0.525. The van der Waals surface area contributed by atoms with Gasteiger partial charge in [0.05, 0.1) is 32.3 Å². The molecule has 0 spiro atoms. The number of hydrogen-bond donors (Lipinski definition) is 2. The summed E-state index contributed by atoms with van der Waals surface area (Å²) < 4.78 is 17.8. The molecule has 0 bridgehead atoms. The average molecular weight is 563 g/mol. The van der Waals surface area contributed by atoms with Gasteiger partial charge in [0.2, 0.25) is 6.33 Å². The third-order valence-corrected chi connectivity index (χ3v) is 3.95. The van der Waals surface area contributed by atoms with Crippen LogP contribution in [-0.2, 0) is 27.3 Å². The van der Waals surface area contributed by atoms with Crippen molar-refractivity contribution in [2.45, 2.75) is 13.1 Å². The van der Waals surface area contributed by atoms with Gasteiger partial charge in [-0.1, -0.05) is 15.9 Å². The molecule has 0 unspecified atom stereocenters. The number of methoxy groups -OCH3 is 3. The Labute approximate surface area is 210 Å². The monoisotopic (exact) mass is 562 g/mol. The molecule has 0 aliphatic carbocycles. The van der Waals surface area contributed by atoms with Crippen molar-refractivity contribution >= 4 is 33.4 Å². The molecule has 3 heterocycles. The first-order valence-electron chi connectivity index (χ1n) is 10.0. The van der Waals surface area contributed by atoms with Crippen molar-refractivity contribution in [1.82, 2.24) is 24.1 Å². The minimum absolute atomic E-state index is 0.0324. The summed E-state index contributed by atoms with van der Waals surface area (Å²) in [4.78, 5) is 28.9. The first-order chi connectivity index (χ1) is 16.8. The SMILES string of the molecule is COCCBr.COCCn1cnc(N)c1.COCCn1cnc([N+](=O)[O-])c1.O=[N+]([O-])c1ccc[nH]1. The second-order valence-corrected chi connectivity index (χ2v) is 7.04. The van der Waals surface area contributed by atoms with Gasteiger partial charge in [-0.2, -0.15) is 0 Å². The molecule has 0 amide bonds. The number of anilines is 1. The van der Waals surface area contributed by atoms with Crippen molar-refractivity contribution in [2.75, 3.05) is 52.2 Å². The van der Waals surface area contributed by atoms with Gasteiger partial charge in [-0.3, -0.25) is 0 Å². The zero-order chi connectivity index (χ0) is 26.5. The Bertz CT molecular complexity index is 931. The smallest absolute Gasteiger partial charge is 0.381 e. The summed E-state index contributed by atoms with van der Waals surface area (Å²) >= 11 is 3.18. The van der Waals surface area contributed by atoms with Crippen molar-refractivity contribution in [1.29, 1.82) is 0 Å². The quantitative estimate of drug-likeness (QED) is 0.210. The number of hydrogen-bond acceptors (Lipinski definition) is 10. The minimum Gasteiger partial charge on any atom is -0.384 e. The predicted molar refractivity (Wildman–Crippen MR) is 132 cm³/mol. The Balaban J connectivity index is 0.000000459. The van der Waals surface area contributed by atoms with Crippen molar-refractivity contribution < 1.29 is 24.1 Å². The summed E-state index contributed by atoms with van der Waals surface area (Å²) in [6, 6.07) is 2.98. The van der Waals surface area contributed by atoms with E-state index >= 15 is 0 Å². The molecule has 0 fully saturated rings. The molecule has 0 radical (unpaired) electrons. The molecule has 3 N–H and O–H groups in total. The summed E-state index contributed by atoms with van der Waals surface area (Å²) in [6.45, 7) is 3.40. The second kappa shape index (κ2) is 20.1. The fraction of sp³-hybridized carbons (Fsp3) is 0.474. The zero-order valence-corrected chi connectivity index (χ0v) is 21.4. The standard InChI is InChI=1S/C6H9N3O3.C6H11N3O.C4H4N2O2.C3H7BrO/c1-12-3-2-8-4-6(7-5-8)9(10)11;1-10-3-2-9-4-6(7)8-5-9;7-6(8)4-2-1-3-5-4;1-5-3-2-4/h4-5H,2-3H2,1H3;4-5H,2-3,7H2,1H3;1-3,5H;2-3H2,1H3. The lowest BCUT2D eigenvalue weighted by atomic mass is 10.6. The fourth-order valence-electron chi connectivity index (χ4n) is 1.97. The van der Waals surface area contributed by atoms with Crippen LogP contribution in [0.1, 0.15) is 0 Å². The van der Waals surface area contributed by atoms with Gasteiger partial charge < -0.3 is 49.3 Å². The number of rotatable bonds is 10. The number of nitrogen functional groups attached to an aromatic ring is 1. The summed E-state index contributed by atoms with van der Waals surface area (Å²) in [7, 11) is 4.92.